The van der Waals surface area contributed by atoms with Gasteiger partial charge in [-0.05, 0) is 58.6 Å². The van der Waals surface area contributed by atoms with Gasteiger partial charge < -0.3 is 19.9 Å². The number of nitrogens with one attached hydrogen (secondary N) is 2. The molecule has 2 N–H and O–H groups in total. The van der Waals surface area contributed by atoms with Crippen LogP contribution in [0.25, 0.3) is 0 Å². The molecule has 1 aromatic rings. The smallest absolute Gasteiger partial charge is 0.407 e. The molecule has 0 spiro atoms. The first kappa shape index (κ1) is 25.5. The maximum atomic E-state index is 13.1. The lowest BCUT2D eigenvalue weighted by atomic mass is 10.0. The highest BCUT2D eigenvalue weighted by Crippen LogP contribution is 2.34. The molecule has 1 unspecified atom stereocenters. The molecule has 0 aliphatic carbocycles. The second-order valence-electron chi connectivity index (χ2n) is 9.83. The first-order valence-electron chi connectivity index (χ1n) is 12.1. The van der Waals surface area contributed by atoms with E-state index in [4.69, 9.17) is 4.74 Å². The van der Waals surface area contributed by atoms with Crippen molar-refractivity contribution in [3.05, 3.63) is 29.3 Å². The van der Waals surface area contributed by atoms with Gasteiger partial charge in [-0.1, -0.05) is 13.0 Å². The van der Waals surface area contributed by atoms with Gasteiger partial charge >= 0.3 is 6.09 Å². The summed E-state index contributed by atoms with van der Waals surface area (Å²) in [6.45, 7) is 10.1. The van der Waals surface area contributed by atoms with Crippen LogP contribution in [0.1, 0.15) is 75.7 Å². The van der Waals surface area contributed by atoms with Gasteiger partial charge in [0.05, 0.1) is 0 Å². The zero-order valence-corrected chi connectivity index (χ0v) is 20.6. The summed E-state index contributed by atoms with van der Waals surface area (Å²) in [6, 6.07) is 5.09. The first-order valence-corrected chi connectivity index (χ1v) is 12.1. The SMILES string of the molecule is CCCN(CCCCNC(=O)OC(C)(C)C)c1cccc2c1CN(C1CCC(=O)NC1=O)C2=O. The number of carbonyl (C=O) groups is 4. The van der Waals surface area contributed by atoms with Crippen molar-refractivity contribution in [2.24, 2.45) is 0 Å². The lowest BCUT2D eigenvalue weighted by Crippen LogP contribution is -2.52. The lowest BCUT2D eigenvalue weighted by molar-refractivity contribution is -0.136. The maximum Gasteiger partial charge on any atom is 0.407 e. The van der Waals surface area contributed by atoms with Crippen LogP contribution in [0.3, 0.4) is 0 Å². The quantitative estimate of drug-likeness (QED) is 0.423. The third-order valence-electron chi connectivity index (χ3n) is 5.91. The van der Waals surface area contributed by atoms with Crippen molar-refractivity contribution in [1.82, 2.24) is 15.5 Å². The van der Waals surface area contributed by atoms with Crippen LogP contribution in [-0.4, -0.2) is 60.0 Å². The van der Waals surface area contributed by atoms with E-state index in [1.807, 2.05) is 39.0 Å². The van der Waals surface area contributed by atoms with E-state index in [0.717, 1.165) is 43.6 Å². The minimum atomic E-state index is -0.621. The molecule has 1 saturated heterocycles. The normalized spacial score (nSPS) is 17.9. The van der Waals surface area contributed by atoms with E-state index < -0.39 is 23.6 Å². The Bertz CT molecular complexity index is 940. The Labute approximate surface area is 201 Å². The van der Waals surface area contributed by atoms with E-state index in [1.165, 1.54) is 0 Å². The van der Waals surface area contributed by atoms with Crippen molar-refractivity contribution < 1.29 is 23.9 Å². The molecule has 9 nitrogen and oxygen atoms in total. The van der Waals surface area contributed by atoms with Crippen molar-refractivity contribution in [3.63, 3.8) is 0 Å². The molecule has 0 bridgehead atoms. The van der Waals surface area contributed by atoms with Crippen LogP contribution >= 0.6 is 0 Å². The van der Waals surface area contributed by atoms with E-state index in [2.05, 4.69) is 22.5 Å². The number of imide groups is 1. The fourth-order valence-corrected chi connectivity index (χ4v) is 4.42. The van der Waals surface area contributed by atoms with Gasteiger partial charge in [0.25, 0.3) is 5.91 Å². The van der Waals surface area contributed by atoms with Crippen molar-refractivity contribution in [1.29, 1.82) is 0 Å². The van der Waals surface area contributed by atoms with E-state index in [-0.39, 0.29) is 18.2 Å². The molecule has 186 valence electrons. The molecule has 3 rings (SSSR count). The Hall–Kier alpha value is -3.10. The van der Waals surface area contributed by atoms with Gasteiger partial charge in [0.15, 0.2) is 0 Å². The number of amides is 4. The summed E-state index contributed by atoms with van der Waals surface area (Å²) < 4.78 is 5.26. The topological polar surface area (TPSA) is 108 Å². The molecule has 1 aromatic carbocycles. The number of carbonyl (C=O) groups excluding carboxylic acids is 4. The van der Waals surface area contributed by atoms with Gasteiger partial charge in [-0.2, -0.15) is 0 Å². The molecule has 1 atom stereocenters. The number of rotatable bonds is 9. The van der Waals surface area contributed by atoms with E-state index in [1.54, 1.807) is 4.90 Å². The Balaban J connectivity index is 1.63. The summed E-state index contributed by atoms with van der Waals surface area (Å²) in [5, 5.41) is 5.14. The van der Waals surface area contributed by atoms with Gasteiger partial charge in [-0.25, -0.2) is 4.79 Å². The Morgan fingerprint density at radius 1 is 1.21 bits per heavy atom. The van der Waals surface area contributed by atoms with Crippen LogP contribution in [0.4, 0.5) is 10.5 Å². The number of hydrogen-bond donors (Lipinski definition) is 2. The number of nitrogens with zero attached hydrogens (tertiary/aromatic N) is 2. The van der Waals surface area contributed by atoms with Crippen LogP contribution in [0.5, 0.6) is 0 Å². The standard InChI is InChI=1S/C25H36N4O5/c1-5-14-28(15-7-6-13-26-24(33)34-25(2,3)4)19-10-8-9-17-18(19)16-29(23(17)32)20-11-12-21(30)27-22(20)31/h8-10,20H,5-7,11-16H2,1-4H3,(H,26,33)(H,27,30,31). The van der Waals surface area contributed by atoms with Crippen LogP contribution in [0.15, 0.2) is 18.2 Å². The highest BCUT2D eigenvalue weighted by atomic mass is 16.6. The second-order valence-corrected chi connectivity index (χ2v) is 9.83. The van der Waals surface area contributed by atoms with E-state index >= 15 is 0 Å². The second kappa shape index (κ2) is 10.9. The number of piperidine rings is 1. The molecule has 9 heteroatoms. The minimum absolute atomic E-state index is 0.163. The molecule has 0 saturated carbocycles. The summed E-state index contributed by atoms with van der Waals surface area (Å²) in [6.07, 6.45) is 2.79. The molecule has 4 amide bonds. The summed E-state index contributed by atoms with van der Waals surface area (Å²) >= 11 is 0. The van der Waals surface area contributed by atoms with E-state index in [9.17, 15) is 19.2 Å². The number of unbranched alkanes of at least 4 members (excludes halogenated alkanes) is 1. The molecule has 2 aliphatic heterocycles. The highest BCUT2D eigenvalue weighted by Gasteiger charge is 2.40. The molecule has 0 aromatic heterocycles. The predicted molar refractivity (Wildman–Crippen MR) is 128 cm³/mol. The molecule has 34 heavy (non-hydrogen) atoms. The fraction of sp³-hybridized carbons (Fsp3) is 0.600. The number of fused-ring (bicyclic) bond motifs is 1. The summed E-state index contributed by atoms with van der Waals surface area (Å²) in [5.41, 5.74) is 2.03. The van der Waals surface area contributed by atoms with Gasteiger partial charge in [-0.15, -0.1) is 0 Å². The van der Waals surface area contributed by atoms with Gasteiger partial charge in [0.1, 0.15) is 11.6 Å². The molecular formula is C25H36N4O5. The molecular weight excluding hydrogens is 436 g/mol. The van der Waals surface area contributed by atoms with Crippen LogP contribution in [0.2, 0.25) is 0 Å². The number of hydrogen-bond acceptors (Lipinski definition) is 6. The van der Waals surface area contributed by atoms with Gasteiger partial charge in [0.2, 0.25) is 11.8 Å². The predicted octanol–water partition coefficient (Wildman–Crippen LogP) is 2.97. The van der Waals surface area contributed by atoms with Crippen molar-refractivity contribution in [2.75, 3.05) is 24.5 Å². The fourth-order valence-electron chi connectivity index (χ4n) is 4.42. The number of alkyl carbamates (subject to hydrolysis) is 1. The maximum absolute atomic E-state index is 13.1. The van der Waals surface area contributed by atoms with Gasteiger partial charge in [-0.3, -0.25) is 19.7 Å². The average molecular weight is 473 g/mol. The number of anilines is 1. The zero-order chi connectivity index (χ0) is 24.9. The lowest BCUT2D eigenvalue weighted by Gasteiger charge is -2.30. The summed E-state index contributed by atoms with van der Waals surface area (Å²) in [5.74, 6) is -0.854. The number of benzene rings is 1. The highest BCUT2D eigenvalue weighted by molar-refractivity contribution is 6.06. The largest absolute Gasteiger partial charge is 0.444 e. The van der Waals surface area contributed by atoms with Crippen LogP contribution in [-0.2, 0) is 20.9 Å². The Morgan fingerprint density at radius 2 is 1.97 bits per heavy atom. The summed E-state index contributed by atoms with van der Waals surface area (Å²) in [7, 11) is 0. The molecule has 2 aliphatic rings. The van der Waals surface area contributed by atoms with Crippen LogP contribution < -0.4 is 15.5 Å². The van der Waals surface area contributed by atoms with Crippen LogP contribution in [0, 0.1) is 0 Å². The first-order chi connectivity index (χ1) is 16.1. The molecule has 0 radical (unpaired) electrons. The van der Waals surface area contributed by atoms with Crippen molar-refractivity contribution >= 4 is 29.5 Å². The van der Waals surface area contributed by atoms with E-state index in [0.29, 0.717) is 25.1 Å². The summed E-state index contributed by atoms with van der Waals surface area (Å²) in [4.78, 5) is 52.7. The average Bonchev–Trinajstić information content (AvgIpc) is 3.08. The zero-order valence-electron chi connectivity index (χ0n) is 20.6. The minimum Gasteiger partial charge on any atom is -0.444 e. The van der Waals surface area contributed by atoms with Gasteiger partial charge in [0, 0.05) is 49.4 Å². The van der Waals surface area contributed by atoms with Crippen molar-refractivity contribution in [2.45, 2.75) is 78.0 Å². The third-order valence-corrected chi connectivity index (χ3v) is 5.91. The molecule has 1 fully saturated rings. The Morgan fingerprint density at radius 3 is 2.65 bits per heavy atom. The Kier molecular flexibility index (Phi) is 8.17. The third kappa shape index (κ3) is 6.27. The number of ether oxygens (including phenoxy) is 1. The van der Waals surface area contributed by atoms with Crippen molar-refractivity contribution in [3.8, 4) is 0 Å². The molecule has 2 heterocycles. The monoisotopic (exact) mass is 472 g/mol.